The maximum Gasteiger partial charge on any atom is 0.338 e. The number of hydrogen-bond acceptors (Lipinski definition) is 10. The van der Waals surface area contributed by atoms with E-state index in [2.05, 4.69) is 4.99 Å². The number of hydrogen-bond donors (Lipinski definition) is 0. The molecule has 0 bridgehead atoms. The Morgan fingerprint density at radius 2 is 1.89 bits per heavy atom. The van der Waals surface area contributed by atoms with Gasteiger partial charge in [-0.05, 0) is 76.1 Å². The third-order valence-electron chi connectivity index (χ3n) is 7.34. The van der Waals surface area contributed by atoms with Gasteiger partial charge in [0.2, 0.25) is 0 Å². The lowest BCUT2D eigenvalue weighted by atomic mass is 9.95. The minimum absolute atomic E-state index is 0.00468. The third-order valence-corrected chi connectivity index (χ3v) is 8.32. The molecular formula is C32H31N3O8S. The van der Waals surface area contributed by atoms with Crippen molar-refractivity contribution in [2.24, 2.45) is 4.99 Å². The number of carbonyl (C=O) groups excluding carboxylic acids is 1. The van der Waals surface area contributed by atoms with Gasteiger partial charge in [0.05, 0.1) is 47.1 Å². The molecule has 0 amide bonds. The zero-order chi connectivity index (χ0) is 31.7. The molecule has 1 aliphatic rings. The van der Waals surface area contributed by atoms with Crippen molar-refractivity contribution in [2.45, 2.75) is 40.7 Å². The van der Waals surface area contributed by atoms with Crippen LogP contribution in [0.1, 0.15) is 49.3 Å². The molecule has 11 nitrogen and oxygen atoms in total. The molecule has 0 spiro atoms. The summed E-state index contributed by atoms with van der Waals surface area (Å²) in [4.78, 5) is 43.4. The Balaban J connectivity index is 1.64. The molecule has 0 fully saturated rings. The summed E-state index contributed by atoms with van der Waals surface area (Å²) in [5.41, 5.74) is 2.84. The highest BCUT2D eigenvalue weighted by molar-refractivity contribution is 7.07. The lowest BCUT2D eigenvalue weighted by molar-refractivity contribution is -0.385. The lowest BCUT2D eigenvalue weighted by Gasteiger charge is -2.25. The van der Waals surface area contributed by atoms with Crippen LogP contribution in [0.15, 0.2) is 67.9 Å². The first-order valence-corrected chi connectivity index (χ1v) is 14.8. The fourth-order valence-electron chi connectivity index (χ4n) is 5.13. The molecule has 1 atom stereocenters. The van der Waals surface area contributed by atoms with E-state index >= 15 is 0 Å². The van der Waals surface area contributed by atoms with Crippen molar-refractivity contribution >= 4 is 29.1 Å². The predicted molar refractivity (Wildman–Crippen MR) is 165 cm³/mol. The average molecular weight is 618 g/mol. The quantitative estimate of drug-likeness (QED) is 0.146. The van der Waals surface area contributed by atoms with E-state index in [0.29, 0.717) is 61.3 Å². The van der Waals surface area contributed by atoms with Crippen molar-refractivity contribution < 1.29 is 28.3 Å². The van der Waals surface area contributed by atoms with Crippen LogP contribution in [0, 0.1) is 24.0 Å². The first-order chi connectivity index (χ1) is 21.1. The smallest absolute Gasteiger partial charge is 0.338 e. The van der Waals surface area contributed by atoms with E-state index in [4.69, 9.17) is 18.6 Å². The Kier molecular flexibility index (Phi) is 8.54. The number of carbonyl (C=O) groups is 1. The van der Waals surface area contributed by atoms with E-state index < -0.39 is 16.9 Å². The molecular weight excluding hydrogens is 586 g/mol. The van der Waals surface area contributed by atoms with E-state index in [9.17, 15) is 19.7 Å². The van der Waals surface area contributed by atoms with E-state index in [0.717, 1.165) is 16.9 Å². The number of esters is 1. The molecule has 2 aromatic heterocycles. The van der Waals surface area contributed by atoms with Crippen molar-refractivity contribution in [3.8, 4) is 22.8 Å². The van der Waals surface area contributed by atoms with Gasteiger partial charge in [-0.15, -0.1) is 0 Å². The maximum absolute atomic E-state index is 14.0. The number of ether oxygens (including phenoxy) is 3. The molecule has 0 aliphatic carbocycles. The van der Waals surface area contributed by atoms with E-state index in [-0.39, 0.29) is 23.4 Å². The van der Waals surface area contributed by atoms with Crippen LogP contribution in [0.4, 0.5) is 5.69 Å². The number of fused-ring (bicyclic) bond motifs is 1. The molecule has 228 valence electrons. The lowest BCUT2D eigenvalue weighted by Crippen LogP contribution is -2.39. The molecule has 0 saturated heterocycles. The van der Waals surface area contributed by atoms with Gasteiger partial charge in [0.15, 0.2) is 16.3 Å². The second-order valence-electron chi connectivity index (χ2n) is 10.0. The number of benzene rings is 2. The topological polar surface area (TPSA) is 135 Å². The van der Waals surface area contributed by atoms with Gasteiger partial charge in [0.1, 0.15) is 11.5 Å². The average Bonchev–Trinajstić information content (AvgIpc) is 3.58. The second-order valence-corrected chi connectivity index (χ2v) is 11.1. The molecule has 5 rings (SSSR count). The first kappa shape index (κ1) is 30.5. The van der Waals surface area contributed by atoms with Crippen molar-refractivity contribution in [3.05, 3.63) is 106 Å². The fourth-order valence-corrected chi connectivity index (χ4v) is 6.15. The predicted octanol–water partition coefficient (Wildman–Crippen LogP) is 4.99. The van der Waals surface area contributed by atoms with Gasteiger partial charge < -0.3 is 18.6 Å². The molecule has 44 heavy (non-hydrogen) atoms. The molecule has 1 unspecified atom stereocenters. The van der Waals surface area contributed by atoms with Crippen molar-refractivity contribution in [1.82, 2.24) is 4.57 Å². The zero-order valence-electron chi connectivity index (χ0n) is 25.1. The minimum atomic E-state index is -0.833. The van der Waals surface area contributed by atoms with E-state index in [1.54, 1.807) is 64.1 Å². The number of allylic oxidation sites excluding steroid dienone is 1. The number of methoxy groups -OCH3 is 1. The molecule has 0 N–H and O–H groups in total. The number of aromatic nitrogens is 1. The van der Waals surface area contributed by atoms with E-state index in [1.165, 1.54) is 17.7 Å². The normalized spacial score (nSPS) is 14.7. The van der Waals surface area contributed by atoms with Crippen LogP contribution in [0.5, 0.6) is 11.5 Å². The SMILES string of the molecule is CCOC(=O)C1=C(C)N=c2s/c(=C\c3ccc(-c4cc(C)c(C)c([N+](=O)[O-])c4)o3)c(=O)n2C1c1ccc(OC)c(OCC)c1. The summed E-state index contributed by atoms with van der Waals surface area (Å²) in [6.07, 6.45) is 1.60. The van der Waals surface area contributed by atoms with Crippen LogP contribution in [0.25, 0.3) is 17.4 Å². The van der Waals surface area contributed by atoms with Gasteiger partial charge in [0.25, 0.3) is 11.2 Å². The van der Waals surface area contributed by atoms with Crippen LogP contribution in [0.2, 0.25) is 0 Å². The zero-order valence-corrected chi connectivity index (χ0v) is 25.9. The van der Waals surface area contributed by atoms with Gasteiger partial charge in [-0.3, -0.25) is 19.5 Å². The standard InChI is InChI=1S/C32H31N3O8S/c1-7-41-26-15-20(9-11-25(26)40-6)29-28(31(37)42-8-2)19(5)33-32-34(29)30(36)27(44-32)16-22-10-12-24(43-22)21-13-17(3)18(4)23(14-21)35(38)39/h9-16,29H,7-8H2,1-6H3/b27-16-. The largest absolute Gasteiger partial charge is 0.493 e. The van der Waals surface area contributed by atoms with Crippen molar-refractivity contribution in [1.29, 1.82) is 0 Å². The summed E-state index contributed by atoms with van der Waals surface area (Å²) in [5.74, 6) is 1.23. The highest BCUT2D eigenvalue weighted by Gasteiger charge is 2.34. The number of nitrogens with zero attached hydrogens (tertiary/aromatic N) is 3. The van der Waals surface area contributed by atoms with Gasteiger partial charge in [-0.2, -0.15) is 0 Å². The molecule has 4 aromatic rings. The molecule has 3 heterocycles. The Hall–Kier alpha value is -4.97. The summed E-state index contributed by atoms with van der Waals surface area (Å²) in [5, 5.41) is 11.6. The molecule has 2 aromatic carbocycles. The summed E-state index contributed by atoms with van der Waals surface area (Å²) in [7, 11) is 1.54. The summed E-state index contributed by atoms with van der Waals surface area (Å²) < 4.78 is 24.4. The Labute approximate surface area is 256 Å². The first-order valence-electron chi connectivity index (χ1n) is 13.9. The number of aryl methyl sites for hydroxylation is 1. The fraction of sp³-hybridized carbons (Fsp3) is 0.281. The number of nitro groups is 1. The minimum Gasteiger partial charge on any atom is -0.493 e. The van der Waals surface area contributed by atoms with Crippen LogP contribution in [-0.2, 0) is 9.53 Å². The number of rotatable bonds is 9. The number of thiazole rings is 1. The van der Waals surface area contributed by atoms with Crippen LogP contribution >= 0.6 is 11.3 Å². The Bertz CT molecular complexity index is 2000. The highest BCUT2D eigenvalue weighted by atomic mass is 32.1. The highest BCUT2D eigenvalue weighted by Crippen LogP contribution is 2.36. The third kappa shape index (κ3) is 5.55. The summed E-state index contributed by atoms with van der Waals surface area (Å²) in [6.45, 7) is 9.34. The second kappa shape index (κ2) is 12.3. The van der Waals surface area contributed by atoms with Crippen LogP contribution in [0.3, 0.4) is 0 Å². The molecule has 1 aliphatic heterocycles. The summed E-state index contributed by atoms with van der Waals surface area (Å²) in [6, 6.07) is 11.1. The van der Waals surface area contributed by atoms with Gasteiger partial charge in [0, 0.05) is 23.3 Å². The van der Waals surface area contributed by atoms with Crippen molar-refractivity contribution in [3.63, 3.8) is 0 Å². The number of nitro benzene ring substituents is 1. The van der Waals surface area contributed by atoms with E-state index in [1.807, 2.05) is 13.0 Å². The Morgan fingerprint density at radius 3 is 2.57 bits per heavy atom. The van der Waals surface area contributed by atoms with Crippen molar-refractivity contribution in [2.75, 3.05) is 20.3 Å². The monoisotopic (exact) mass is 617 g/mol. The molecule has 0 radical (unpaired) electrons. The van der Waals surface area contributed by atoms with Gasteiger partial charge in [-0.1, -0.05) is 17.4 Å². The molecule has 12 heteroatoms. The number of furan rings is 1. The van der Waals surface area contributed by atoms with Crippen LogP contribution < -0.4 is 24.4 Å². The van der Waals surface area contributed by atoms with Gasteiger partial charge in [-0.25, -0.2) is 9.79 Å². The summed E-state index contributed by atoms with van der Waals surface area (Å²) >= 11 is 1.16. The molecule has 0 saturated carbocycles. The Morgan fingerprint density at radius 1 is 1.11 bits per heavy atom. The maximum atomic E-state index is 14.0. The van der Waals surface area contributed by atoms with Gasteiger partial charge >= 0.3 is 5.97 Å². The van der Waals surface area contributed by atoms with Crippen LogP contribution in [-0.4, -0.2) is 35.8 Å².